The number of phenolic OH excluding ortho intramolecular Hbond substituents is 2. The van der Waals surface area contributed by atoms with Gasteiger partial charge in [-0.3, -0.25) is 4.79 Å². The summed E-state index contributed by atoms with van der Waals surface area (Å²) in [7, 11) is 0. The maximum Gasteiger partial charge on any atom is 0.244 e. The molecule has 0 heterocycles. The number of amides is 1. The fourth-order valence-corrected chi connectivity index (χ4v) is 2.19. The molecule has 0 saturated carbocycles. The summed E-state index contributed by atoms with van der Waals surface area (Å²) < 4.78 is 0.952. The van der Waals surface area contributed by atoms with Crippen LogP contribution in [-0.2, 0) is 11.2 Å². The minimum absolute atomic E-state index is 0.0218. The maximum atomic E-state index is 11.8. The molecule has 0 fully saturated rings. The monoisotopic (exact) mass is 362 g/mol. The Hall–Kier alpha value is -2.34. The molecular weight excluding hydrogens is 348 g/mol. The molecule has 2 aromatic carbocycles. The Morgan fingerprint density at radius 2 is 1.95 bits per heavy atom. The van der Waals surface area contributed by atoms with Gasteiger partial charge in [-0.2, -0.15) is 5.10 Å². The van der Waals surface area contributed by atoms with Crippen LogP contribution in [0.4, 0.5) is 0 Å². The van der Waals surface area contributed by atoms with E-state index in [1.54, 1.807) is 6.92 Å². The molecule has 0 aliphatic carbocycles. The number of hydrazone groups is 1. The normalized spacial score (nSPS) is 10.8. The number of aryl methyl sites for hydroxylation is 1. The first-order valence-electron chi connectivity index (χ1n) is 6.54. The lowest BCUT2D eigenvalue weighted by atomic mass is 10.1. The molecule has 0 radical (unpaired) electrons. The van der Waals surface area contributed by atoms with Gasteiger partial charge in [0.15, 0.2) is 0 Å². The number of halogens is 1. The van der Waals surface area contributed by atoms with Gasteiger partial charge < -0.3 is 10.2 Å². The Bertz CT molecular complexity index is 689. The molecule has 2 aromatic rings. The van der Waals surface area contributed by atoms with Crippen molar-refractivity contribution in [3.63, 3.8) is 0 Å². The zero-order valence-electron chi connectivity index (χ0n) is 11.9. The van der Waals surface area contributed by atoms with E-state index in [4.69, 9.17) is 0 Å². The number of rotatable bonds is 4. The van der Waals surface area contributed by atoms with Crippen molar-refractivity contribution in [3.05, 3.63) is 57.6 Å². The maximum absolute atomic E-state index is 11.8. The van der Waals surface area contributed by atoms with Crippen LogP contribution in [0.3, 0.4) is 0 Å². The van der Waals surface area contributed by atoms with Crippen LogP contribution in [-0.4, -0.2) is 22.3 Å². The van der Waals surface area contributed by atoms with Crippen molar-refractivity contribution in [1.29, 1.82) is 0 Å². The molecule has 0 bridgehead atoms. The van der Waals surface area contributed by atoms with E-state index >= 15 is 0 Å². The topological polar surface area (TPSA) is 81.9 Å². The highest BCUT2D eigenvalue weighted by molar-refractivity contribution is 9.10. The van der Waals surface area contributed by atoms with Gasteiger partial charge in [0.1, 0.15) is 11.5 Å². The van der Waals surface area contributed by atoms with Crippen molar-refractivity contribution in [1.82, 2.24) is 5.43 Å². The lowest BCUT2D eigenvalue weighted by molar-refractivity contribution is -0.120. The predicted octanol–water partition coefficient (Wildman–Crippen LogP) is 2.86. The fourth-order valence-electron chi connectivity index (χ4n) is 1.93. The van der Waals surface area contributed by atoms with Gasteiger partial charge in [0, 0.05) is 16.1 Å². The SMILES string of the molecule is Cc1cc(O)cc(O)c1/C=N/NC(=O)Cc1ccc(Br)cc1. The van der Waals surface area contributed by atoms with Gasteiger partial charge in [-0.1, -0.05) is 28.1 Å². The van der Waals surface area contributed by atoms with Crippen LogP contribution in [0.25, 0.3) is 0 Å². The van der Waals surface area contributed by atoms with Gasteiger partial charge in [0.25, 0.3) is 0 Å². The number of nitrogens with one attached hydrogen (secondary N) is 1. The molecule has 0 aliphatic heterocycles. The van der Waals surface area contributed by atoms with E-state index in [1.807, 2.05) is 24.3 Å². The Balaban J connectivity index is 1.97. The second kappa shape index (κ2) is 7.09. The van der Waals surface area contributed by atoms with Crippen molar-refractivity contribution in [2.45, 2.75) is 13.3 Å². The highest BCUT2D eigenvalue weighted by atomic mass is 79.9. The van der Waals surface area contributed by atoms with E-state index in [1.165, 1.54) is 18.3 Å². The van der Waals surface area contributed by atoms with Gasteiger partial charge >= 0.3 is 0 Å². The number of phenols is 2. The quantitative estimate of drug-likeness (QED) is 0.577. The summed E-state index contributed by atoms with van der Waals surface area (Å²) in [5.74, 6) is -0.371. The minimum Gasteiger partial charge on any atom is -0.508 e. The summed E-state index contributed by atoms with van der Waals surface area (Å²) >= 11 is 3.33. The standard InChI is InChI=1S/C16H15BrN2O3/c1-10-6-13(20)8-15(21)14(10)9-18-19-16(22)7-11-2-4-12(17)5-3-11/h2-6,8-9,20-21H,7H2,1H3,(H,19,22)/b18-9+. The number of carbonyl (C=O) groups is 1. The van der Waals surface area contributed by atoms with Crippen LogP contribution >= 0.6 is 15.9 Å². The molecule has 1 amide bonds. The molecule has 0 saturated heterocycles. The third-order valence-corrected chi connectivity index (χ3v) is 3.54. The minimum atomic E-state index is -0.255. The fraction of sp³-hybridized carbons (Fsp3) is 0.125. The molecule has 0 spiro atoms. The number of aromatic hydroxyl groups is 2. The molecule has 0 aliphatic rings. The lowest BCUT2D eigenvalue weighted by Crippen LogP contribution is -2.19. The molecule has 6 heteroatoms. The van der Waals surface area contributed by atoms with Gasteiger partial charge in [-0.15, -0.1) is 0 Å². The van der Waals surface area contributed by atoms with Gasteiger partial charge in [0.05, 0.1) is 12.6 Å². The smallest absolute Gasteiger partial charge is 0.244 e. The molecule has 22 heavy (non-hydrogen) atoms. The van der Waals surface area contributed by atoms with E-state index in [2.05, 4.69) is 26.5 Å². The number of nitrogens with zero attached hydrogens (tertiary/aromatic N) is 1. The summed E-state index contributed by atoms with van der Waals surface area (Å²) in [4.78, 5) is 11.8. The molecule has 5 nitrogen and oxygen atoms in total. The third kappa shape index (κ3) is 4.33. The zero-order chi connectivity index (χ0) is 16.1. The first kappa shape index (κ1) is 16.0. The van der Waals surface area contributed by atoms with Crippen molar-refractivity contribution < 1.29 is 15.0 Å². The van der Waals surface area contributed by atoms with E-state index in [-0.39, 0.29) is 23.8 Å². The molecular formula is C16H15BrN2O3. The number of carbonyl (C=O) groups excluding carboxylic acids is 1. The van der Waals surface area contributed by atoms with E-state index < -0.39 is 0 Å². The molecule has 0 aromatic heterocycles. The molecule has 2 rings (SSSR count). The highest BCUT2D eigenvalue weighted by Crippen LogP contribution is 2.24. The summed E-state index contributed by atoms with van der Waals surface area (Å²) in [6, 6.07) is 10.2. The largest absolute Gasteiger partial charge is 0.508 e. The Morgan fingerprint density at radius 1 is 1.27 bits per heavy atom. The van der Waals surface area contributed by atoms with Crippen LogP contribution in [0.5, 0.6) is 11.5 Å². The molecule has 3 N–H and O–H groups in total. The average Bonchev–Trinajstić information content (AvgIpc) is 2.44. The van der Waals surface area contributed by atoms with Gasteiger partial charge in [-0.25, -0.2) is 5.43 Å². The first-order valence-corrected chi connectivity index (χ1v) is 7.34. The number of benzene rings is 2. The second-order valence-electron chi connectivity index (χ2n) is 4.79. The first-order chi connectivity index (χ1) is 10.5. The van der Waals surface area contributed by atoms with Gasteiger partial charge in [0.2, 0.25) is 5.91 Å². The van der Waals surface area contributed by atoms with Crippen molar-refractivity contribution in [2.75, 3.05) is 0 Å². The van der Waals surface area contributed by atoms with Crippen molar-refractivity contribution in [3.8, 4) is 11.5 Å². The number of hydrogen-bond donors (Lipinski definition) is 3. The van der Waals surface area contributed by atoms with Crippen LogP contribution in [0.2, 0.25) is 0 Å². The highest BCUT2D eigenvalue weighted by Gasteiger charge is 2.06. The predicted molar refractivity (Wildman–Crippen MR) is 88.1 cm³/mol. The average molecular weight is 363 g/mol. The van der Waals surface area contributed by atoms with E-state index in [9.17, 15) is 15.0 Å². The Kier molecular flexibility index (Phi) is 5.16. The van der Waals surface area contributed by atoms with Gasteiger partial charge in [-0.05, 0) is 36.2 Å². The molecule has 114 valence electrons. The van der Waals surface area contributed by atoms with E-state index in [0.29, 0.717) is 11.1 Å². The Morgan fingerprint density at radius 3 is 2.59 bits per heavy atom. The summed E-state index contributed by atoms with van der Waals surface area (Å²) in [6.45, 7) is 1.73. The summed E-state index contributed by atoms with van der Waals surface area (Å²) in [5.41, 5.74) is 4.39. The number of hydrogen-bond acceptors (Lipinski definition) is 4. The summed E-state index contributed by atoms with van der Waals surface area (Å²) in [5, 5.41) is 22.9. The van der Waals surface area contributed by atoms with Crippen molar-refractivity contribution >= 4 is 28.1 Å². The van der Waals surface area contributed by atoms with Crippen molar-refractivity contribution in [2.24, 2.45) is 5.10 Å². The van der Waals surface area contributed by atoms with Crippen LogP contribution in [0.1, 0.15) is 16.7 Å². The van der Waals surface area contributed by atoms with Crippen LogP contribution < -0.4 is 5.43 Å². The lowest BCUT2D eigenvalue weighted by Gasteiger charge is -2.05. The molecule has 0 atom stereocenters. The second-order valence-corrected chi connectivity index (χ2v) is 5.71. The summed E-state index contributed by atoms with van der Waals surface area (Å²) in [6.07, 6.45) is 1.56. The molecule has 0 unspecified atom stereocenters. The Labute approximate surface area is 136 Å². The zero-order valence-corrected chi connectivity index (χ0v) is 13.5. The van der Waals surface area contributed by atoms with E-state index in [0.717, 1.165) is 10.0 Å². The third-order valence-electron chi connectivity index (χ3n) is 3.01. The van der Waals surface area contributed by atoms with Crippen LogP contribution in [0, 0.1) is 6.92 Å². The van der Waals surface area contributed by atoms with Crippen LogP contribution in [0.15, 0.2) is 46.0 Å².